The fraction of sp³-hybridized carbons (Fsp3) is 0.568. The van der Waals surface area contributed by atoms with Crippen molar-refractivity contribution in [1.29, 1.82) is 0 Å². The molecule has 0 bridgehead atoms. The number of unbranched alkanes of at least 4 members (excludes halogenated alkanes) is 6. The van der Waals surface area contributed by atoms with Gasteiger partial charge >= 0.3 is 0 Å². The van der Waals surface area contributed by atoms with Crippen LogP contribution in [0.4, 0.5) is 0 Å². The molecule has 0 saturated carbocycles. The molecule has 0 aliphatic rings. The molecule has 1 heterocycles. The van der Waals surface area contributed by atoms with E-state index in [1.54, 1.807) is 13.3 Å². The molecule has 256 valence electrons. The van der Waals surface area contributed by atoms with Gasteiger partial charge in [0.25, 0.3) is 10.1 Å². The number of hydrogen-bond acceptors (Lipinski definition) is 5. The highest BCUT2D eigenvalue weighted by atomic mass is 32.2. The second-order valence-corrected chi connectivity index (χ2v) is 14.3. The minimum Gasteiger partial charge on any atom is -0.497 e. The Bertz CT molecular complexity index is 1450. The molecule has 3 rings (SSSR count). The molecule has 2 aromatic carbocycles. The number of carbonyl (C=O) groups is 2. The van der Waals surface area contributed by atoms with Crippen molar-refractivity contribution in [1.82, 2.24) is 9.47 Å². The van der Waals surface area contributed by atoms with Crippen LogP contribution >= 0.6 is 0 Å². The molecular formula is C37H56N2O6S. The Labute approximate surface area is 277 Å². The summed E-state index contributed by atoms with van der Waals surface area (Å²) in [5, 5.41) is 0.792. The van der Waals surface area contributed by atoms with Crippen molar-refractivity contribution in [2.75, 3.05) is 26.0 Å². The molecule has 0 spiro atoms. The summed E-state index contributed by atoms with van der Waals surface area (Å²) < 4.78 is 37.7. The second kappa shape index (κ2) is 20.1. The van der Waals surface area contributed by atoms with Crippen LogP contribution in [0.2, 0.25) is 0 Å². The number of ether oxygens (including phenoxy) is 1. The number of ketones is 1. The van der Waals surface area contributed by atoms with Gasteiger partial charge in [-0.1, -0.05) is 91.0 Å². The van der Waals surface area contributed by atoms with Crippen LogP contribution in [0.5, 0.6) is 5.75 Å². The van der Waals surface area contributed by atoms with E-state index in [1.165, 1.54) is 0 Å². The lowest BCUT2D eigenvalue weighted by atomic mass is 9.99. The zero-order valence-electron chi connectivity index (χ0n) is 28.9. The Balaban J connectivity index is 0.00000173. The van der Waals surface area contributed by atoms with Crippen molar-refractivity contribution in [3.63, 3.8) is 0 Å². The van der Waals surface area contributed by atoms with Crippen molar-refractivity contribution >= 4 is 32.7 Å². The van der Waals surface area contributed by atoms with Gasteiger partial charge in [-0.05, 0) is 55.7 Å². The number of nitrogens with zero attached hydrogens (tertiary/aromatic N) is 2. The molecular weight excluding hydrogens is 600 g/mol. The van der Waals surface area contributed by atoms with Gasteiger partial charge in [0.15, 0.2) is 5.78 Å². The van der Waals surface area contributed by atoms with Gasteiger partial charge in [-0.15, -0.1) is 0 Å². The standard InChI is InChI=1S/C33H46N2O6S.C4H10/c1-4-6-20-34(21-7-5-2)32(36)25-35-24-30(29-19-18-28(41-3)23-31(29)35)33(37)27-16-14-26(15-17-27)13-11-9-8-10-12-22-42(38,39)40;1-4(2)3/h14-19,23-24H,4-13,20-22,25H2,1-3H3,(H,38,39,40);4H,1-3H3. The predicted octanol–water partition coefficient (Wildman–Crippen LogP) is 8.35. The third-order valence-electron chi connectivity index (χ3n) is 7.64. The van der Waals surface area contributed by atoms with Crippen molar-refractivity contribution in [2.45, 2.75) is 105 Å². The molecule has 0 radical (unpaired) electrons. The predicted molar refractivity (Wildman–Crippen MR) is 188 cm³/mol. The van der Waals surface area contributed by atoms with Crippen LogP contribution in [0.25, 0.3) is 10.9 Å². The summed E-state index contributed by atoms with van der Waals surface area (Å²) in [6.07, 6.45) is 10.8. The zero-order valence-corrected chi connectivity index (χ0v) is 29.7. The van der Waals surface area contributed by atoms with Gasteiger partial charge in [0, 0.05) is 41.9 Å². The Hall–Kier alpha value is -3.17. The highest BCUT2D eigenvalue weighted by Crippen LogP contribution is 2.28. The minimum absolute atomic E-state index is 0.0541. The summed E-state index contributed by atoms with van der Waals surface area (Å²) >= 11 is 0. The molecule has 0 aliphatic heterocycles. The summed E-state index contributed by atoms with van der Waals surface area (Å²) in [6, 6.07) is 13.3. The van der Waals surface area contributed by atoms with E-state index in [9.17, 15) is 18.0 Å². The van der Waals surface area contributed by atoms with Crippen LogP contribution < -0.4 is 4.74 Å². The summed E-state index contributed by atoms with van der Waals surface area (Å²) in [5.74, 6) is 1.29. The molecule has 0 saturated heterocycles. The largest absolute Gasteiger partial charge is 0.497 e. The maximum Gasteiger partial charge on any atom is 0.264 e. The first-order valence-electron chi connectivity index (χ1n) is 16.9. The highest BCUT2D eigenvalue weighted by Gasteiger charge is 2.20. The number of amides is 1. The van der Waals surface area contributed by atoms with Gasteiger partial charge in [0.05, 0.1) is 18.4 Å². The quantitative estimate of drug-likeness (QED) is 0.0790. The van der Waals surface area contributed by atoms with E-state index in [1.807, 2.05) is 51.9 Å². The van der Waals surface area contributed by atoms with E-state index in [4.69, 9.17) is 9.29 Å². The average Bonchev–Trinajstić information content (AvgIpc) is 3.36. The third-order valence-corrected chi connectivity index (χ3v) is 8.44. The number of rotatable bonds is 19. The molecule has 0 unspecified atom stereocenters. The van der Waals surface area contributed by atoms with Crippen molar-refractivity contribution in [2.24, 2.45) is 5.92 Å². The average molecular weight is 657 g/mol. The molecule has 1 N–H and O–H groups in total. The number of benzene rings is 2. The first-order valence-corrected chi connectivity index (χ1v) is 18.5. The first kappa shape index (κ1) is 39.0. The summed E-state index contributed by atoms with van der Waals surface area (Å²) in [6.45, 7) is 12.4. The van der Waals surface area contributed by atoms with E-state index in [2.05, 4.69) is 34.6 Å². The molecule has 0 aliphatic carbocycles. The van der Waals surface area contributed by atoms with E-state index < -0.39 is 10.1 Å². The third kappa shape index (κ3) is 13.7. The van der Waals surface area contributed by atoms with Gasteiger partial charge in [-0.2, -0.15) is 8.42 Å². The zero-order chi connectivity index (χ0) is 34.1. The molecule has 8 nitrogen and oxygen atoms in total. The topological polar surface area (TPSA) is 106 Å². The lowest BCUT2D eigenvalue weighted by Crippen LogP contribution is -2.35. The summed E-state index contributed by atoms with van der Waals surface area (Å²) in [5.41, 5.74) is 3.09. The normalized spacial score (nSPS) is 11.4. The van der Waals surface area contributed by atoms with E-state index in [-0.39, 0.29) is 24.0 Å². The van der Waals surface area contributed by atoms with Gasteiger partial charge in [-0.3, -0.25) is 14.1 Å². The molecule has 1 amide bonds. The van der Waals surface area contributed by atoms with Crippen molar-refractivity contribution in [3.8, 4) is 5.75 Å². The molecule has 0 fully saturated rings. The highest BCUT2D eigenvalue weighted by molar-refractivity contribution is 7.85. The number of aryl methyl sites for hydroxylation is 1. The van der Waals surface area contributed by atoms with Crippen LogP contribution in [0.1, 0.15) is 114 Å². The summed E-state index contributed by atoms with van der Waals surface area (Å²) in [4.78, 5) is 29.0. The Kier molecular flexibility index (Phi) is 17.1. The smallest absolute Gasteiger partial charge is 0.264 e. The number of hydrogen-bond donors (Lipinski definition) is 1. The van der Waals surface area contributed by atoms with Gasteiger partial charge in [0.1, 0.15) is 12.3 Å². The van der Waals surface area contributed by atoms with Crippen molar-refractivity contribution in [3.05, 3.63) is 65.4 Å². The Morgan fingerprint density at radius 2 is 1.46 bits per heavy atom. The maximum absolute atomic E-state index is 13.7. The van der Waals surface area contributed by atoms with Crippen molar-refractivity contribution < 1.29 is 27.3 Å². The van der Waals surface area contributed by atoms with E-state index >= 15 is 0 Å². The van der Waals surface area contributed by atoms with Crippen LogP contribution in [-0.4, -0.2) is 60.1 Å². The maximum atomic E-state index is 13.7. The van der Waals surface area contributed by atoms with Crippen LogP contribution in [-0.2, 0) is 27.9 Å². The lowest BCUT2D eigenvalue weighted by Gasteiger charge is -2.23. The Morgan fingerprint density at radius 1 is 0.870 bits per heavy atom. The molecule has 46 heavy (non-hydrogen) atoms. The van der Waals surface area contributed by atoms with E-state index in [0.717, 1.165) is 93.3 Å². The molecule has 9 heteroatoms. The monoisotopic (exact) mass is 656 g/mol. The van der Waals surface area contributed by atoms with Crippen LogP contribution in [0.15, 0.2) is 48.7 Å². The van der Waals surface area contributed by atoms with Gasteiger partial charge in [0.2, 0.25) is 5.91 Å². The van der Waals surface area contributed by atoms with Crippen LogP contribution in [0.3, 0.4) is 0 Å². The number of fused-ring (bicyclic) bond motifs is 1. The Morgan fingerprint density at radius 3 is 2.02 bits per heavy atom. The van der Waals surface area contributed by atoms with Crippen LogP contribution in [0, 0.1) is 5.92 Å². The molecule has 1 aromatic heterocycles. The number of aromatic nitrogens is 1. The SMILES string of the molecule is CC(C)C.CCCCN(CCCC)C(=O)Cn1cc(C(=O)c2ccc(CCCCCCCS(=O)(=O)O)cc2)c2ccc(OC)cc21. The lowest BCUT2D eigenvalue weighted by molar-refractivity contribution is -0.131. The molecule has 3 aromatic rings. The number of carbonyl (C=O) groups excluding carboxylic acids is 2. The minimum atomic E-state index is -3.87. The first-order chi connectivity index (χ1) is 21.9. The second-order valence-electron chi connectivity index (χ2n) is 12.7. The number of methoxy groups -OCH3 is 1. The molecule has 0 atom stereocenters. The fourth-order valence-corrected chi connectivity index (χ4v) is 5.71. The van der Waals surface area contributed by atoms with Gasteiger partial charge in [-0.25, -0.2) is 0 Å². The van der Waals surface area contributed by atoms with E-state index in [0.29, 0.717) is 23.3 Å². The fourth-order valence-electron chi connectivity index (χ4n) is 5.14. The summed E-state index contributed by atoms with van der Waals surface area (Å²) in [7, 11) is -2.27. The van der Waals surface area contributed by atoms with Gasteiger partial charge < -0.3 is 14.2 Å².